The van der Waals surface area contributed by atoms with Crippen LogP contribution in [0.4, 0.5) is 0 Å². The maximum absolute atomic E-state index is 13.3. The molecule has 0 saturated heterocycles. The standard InChI is InChI=1S/C27H33N3O3/c1-3-19(2)25-28-30(18-20-9-5-4-6-10-20)27(33)29(25)17-21-13-15-22(16-14-21)23-11-7-8-12-24(23)26(31)32/h7-8,11-16,19-20H,3-6,9-10,17-18H2,1-2H3,(H,31,32). The minimum Gasteiger partial charge on any atom is -0.478 e. The smallest absolute Gasteiger partial charge is 0.346 e. The Kier molecular flexibility index (Phi) is 7.11. The first-order valence-electron chi connectivity index (χ1n) is 12.1. The summed E-state index contributed by atoms with van der Waals surface area (Å²) < 4.78 is 3.51. The number of rotatable bonds is 8. The molecule has 1 N–H and O–H groups in total. The second kappa shape index (κ2) is 10.2. The van der Waals surface area contributed by atoms with E-state index in [4.69, 9.17) is 5.10 Å². The molecule has 0 bridgehead atoms. The molecule has 1 saturated carbocycles. The molecule has 33 heavy (non-hydrogen) atoms. The van der Waals surface area contributed by atoms with Gasteiger partial charge in [-0.25, -0.2) is 14.3 Å². The van der Waals surface area contributed by atoms with Crippen molar-refractivity contribution in [1.82, 2.24) is 14.3 Å². The van der Waals surface area contributed by atoms with Crippen LogP contribution in [0.2, 0.25) is 0 Å². The summed E-state index contributed by atoms with van der Waals surface area (Å²) in [5.74, 6) is 0.647. The van der Waals surface area contributed by atoms with Crippen molar-refractivity contribution >= 4 is 5.97 Å². The van der Waals surface area contributed by atoms with Gasteiger partial charge in [-0.1, -0.05) is 75.6 Å². The van der Waals surface area contributed by atoms with Gasteiger partial charge in [-0.3, -0.25) is 4.57 Å². The van der Waals surface area contributed by atoms with E-state index in [1.165, 1.54) is 32.1 Å². The molecule has 0 aliphatic heterocycles. The Balaban J connectivity index is 1.60. The Morgan fingerprint density at radius 1 is 1.09 bits per heavy atom. The zero-order valence-electron chi connectivity index (χ0n) is 19.5. The van der Waals surface area contributed by atoms with E-state index in [1.807, 2.05) is 41.0 Å². The Morgan fingerprint density at radius 2 is 1.79 bits per heavy atom. The fourth-order valence-electron chi connectivity index (χ4n) is 4.78. The maximum atomic E-state index is 13.3. The Bertz CT molecular complexity index is 1150. The lowest BCUT2D eigenvalue weighted by Gasteiger charge is -2.20. The number of benzene rings is 2. The second-order valence-corrected chi connectivity index (χ2v) is 9.27. The number of carboxylic acids is 1. The van der Waals surface area contributed by atoms with Crippen LogP contribution >= 0.6 is 0 Å². The molecule has 1 aliphatic carbocycles. The van der Waals surface area contributed by atoms with E-state index >= 15 is 0 Å². The number of hydrogen-bond acceptors (Lipinski definition) is 3. The van der Waals surface area contributed by atoms with Crippen molar-refractivity contribution in [2.45, 2.75) is 71.4 Å². The first-order valence-corrected chi connectivity index (χ1v) is 12.1. The zero-order chi connectivity index (χ0) is 23.4. The SMILES string of the molecule is CCC(C)c1nn(CC2CCCCC2)c(=O)n1Cc1ccc(-c2ccccc2C(=O)O)cc1. The third-order valence-electron chi connectivity index (χ3n) is 6.92. The third kappa shape index (κ3) is 5.10. The van der Waals surface area contributed by atoms with Crippen LogP contribution in [-0.4, -0.2) is 25.4 Å². The highest BCUT2D eigenvalue weighted by Gasteiger charge is 2.21. The highest BCUT2D eigenvalue weighted by molar-refractivity contribution is 5.95. The molecule has 6 heteroatoms. The largest absolute Gasteiger partial charge is 0.478 e. The predicted molar refractivity (Wildman–Crippen MR) is 130 cm³/mol. The molecule has 0 amide bonds. The number of aromatic nitrogens is 3. The van der Waals surface area contributed by atoms with Gasteiger partial charge in [0.05, 0.1) is 12.1 Å². The van der Waals surface area contributed by atoms with Gasteiger partial charge < -0.3 is 5.11 Å². The Hall–Kier alpha value is -3.15. The number of nitrogens with zero attached hydrogens (tertiary/aromatic N) is 3. The molecule has 174 valence electrons. The molecule has 1 unspecified atom stereocenters. The van der Waals surface area contributed by atoms with Crippen LogP contribution < -0.4 is 5.69 Å². The van der Waals surface area contributed by atoms with Crippen molar-refractivity contribution in [2.75, 3.05) is 0 Å². The number of carboxylic acid groups (broad SMARTS) is 1. The lowest BCUT2D eigenvalue weighted by atomic mass is 9.89. The molecule has 0 spiro atoms. The van der Waals surface area contributed by atoms with Crippen LogP contribution in [0.3, 0.4) is 0 Å². The molecule has 0 radical (unpaired) electrons. The number of carbonyl (C=O) groups is 1. The van der Waals surface area contributed by atoms with Gasteiger partial charge in [-0.15, -0.1) is 0 Å². The topological polar surface area (TPSA) is 77.1 Å². The minimum atomic E-state index is -0.940. The molecule has 1 aromatic heterocycles. The van der Waals surface area contributed by atoms with Crippen LogP contribution in [0.25, 0.3) is 11.1 Å². The first kappa shape index (κ1) is 23.0. The van der Waals surface area contributed by atoms with Gasteiger partial charge in [0.1, 0.15) is 5.82 Å². The van der Waals surface area contributed by atoms with E-state index < -0.39 is 5.97 Å². The predicted octanol–water partition coefficient (Wildman–Crippen LogP) is 5.55. The molecular formula is C27H33N3O3. The van der Waals surface area contributed by atoms with Crippen LogP contribution in [0.15, 0.2) is 53.3 Å². The van der Waals surface area contributed by atoms with Crippen LogP contribution in [0.5, 0.6) is 0 Å². The Morgan fingerprint density at radius 3 is 2.45 bits per heavy atom. The van der Waals surface area contributed by atoms with Crippen LogP contribution in [0.1, 0.15) is 80.0 Å². The normalized spacial score (nSPS) is 15.5. The quantitative estimate of drug-likeness (QED) is 0.491. The van der Waals surface area contributed by atoms with Crippen LogP contribution in [-0.2, 0) is 13.1 Å². The van der Waals surface area contributed by atoms with E-state index in [9.17, 15) is 14.7 Å². The summed E-state index contributed by atoms with van der Waals surface area (Å²) in [6, 6.07) is 14.8. The van der Waals surface area contributed by atoms with E-state index in [-0.39, 0.29) is 17.2 Å². The lowest BCUT2D eigenvalue weighted by Crippen LogP contribution is -2.29. The van der Waals surface area contributed by atoms with Crippen molar-refractivity contribution in [3.63, 3.8) is 0 Å². The highest BCUT2D eigenvalue weighted by atomic mass is 16.4. The molecule has 2 aromatic carbocycles. The van der Waals surface area contributed by atoms with E-state index in [0.29, 0.717) is 24.6 Å². The molecule has 3 aromatic rings. The monoisotopic (exact) mass is 447 g/mol. The molecule has 1 atom stereocenters. The van der Waals surface area contributed by atoms with Gasteiger partial charge in [-0.2, -0.15) is 5.10 Å². The van der Waals surface area contributed by atoms with Gasteiger partial charge in [0, 0.05) is 12.5 Å². The number of hydrogen-bond donors (Lipinski definition) is 1. The molecule has 1 heterocycles. The van der Waals surface area contributed by atoms with Crippen molar-refractivity contribution in [3.8, 4) is 11.1 Å². The minimum absolute atomic E-state index is 0.0313. The average molecular weight is 448 g/mol. The first-order chi connectivity index (χ1) is 16.0. The van der Waals surface area contributed by atoms with Crippen molar-refractivity contribution < 1.29 is 9.90 Å². The summed E-state index contributed by atoms with van der Waals surface area (Å²) in [4.78, 5) is 24.9. The van der Waals surface area contributed by atoms with Crippen molar-refractivity contribution in [2.24, 2.45) is 5.92 Å². The van der Waals surface area contributed by atoms with E-state index in [0.717, 1.165) is 23.4 Å². The van der Waals surface area contributed by atoms with Gasteiger partial charge >= 0.3 is 11.7 Å². The molecule has 1 fully saturated rings. The fourth-order valence-corrected chi connectivity index (χ4v) is 4.78. The average Bonchev–Trinajstić information content (AvgIpc) is 3.14. The summed E-state index contributed by atoms with van der Waals surface area (Å²) >= 11 is 0. The van der Waals surface area contributed by atoms with E-state index in [2.05, 4.69) is 13.8 Å². The zero-order valence-corrected chi connectivity index (χ0v) is 19.5. The van der Waals surface area contributed by atoms with Gasteiger partial charge in [0.15, 0.2) is 0 Å². The highest BCUT2D eigenvalue weighted by Crippen LogP contribution is 2.26. The van der Waals surface area contributed by atoms with Crippen LogP contribution in [0, 0.1) is 5.92 Å². The molecule has 1 aliphatic rings. The van der Waals surface area contributed by atoms with Gasteiger partial charge in [0.2, 0.25) is 0 Å². The van der Waals surface area contributed by atoms with Crippen molar-refractivity contribution in [3.05, 3.63) is 76.0 Å². The van der Waals surface area contributed by atoms with Gasteiger partial charge in [-0.05, 0) is 47.9 Å². The lowest BCUT2D eigenvalue weighted by molar-refractivity contribution is 0.0697. The summed E-state index contributed by atoms with van der Waals surface area (Å²) in [6.07, 6.45) is 7.07. The Labute approximate surface area is 194 Å². The summed E-state index contributed by atoms with van der Waals surface area (Å²) in [5, 5.41) is 14.3. The molecule has 4 rings (SSSR count). The van der Waals surface area contributed by atoms with Gasteiger partial charge in [0.25, 0.3) is 0 Å². The molecule has 6 nitrogen and oxygen atoms in total. The van der Waals surface area contributed by atoms with E-state index in [1.54, 1.807) is 16.8 Å². The molecular weight excluding hydrogens is 414 g/mol. The number of aromatic carboxylic acids is 1. The van der Waals surface area contributed by atoms with Crippen molar-refractivity contribution in [1.29, 1.82) is 0 Å². The summed E-state index contributed by atoms with van der Waals surface area (Å²) in [7, 11) is 0. The summed E-state index contributed by atoms with van der Waals surface area (Å²) in [5.41, 5.74) is 2.78. The third-order valence-corrected chi connectivity index (χ3v) is 6.92. The second-order valence-electron chi connectivity index (χ2n) is 9.27. The summed E-state index contributed by atoms with van der Waals surface area (Å²) in [6.45, 7) is 5.41. The fraction of sp³-hybridized carbons (Fsp3) is 0.444. The maximum Gasteiger partial charge on any atom is 0.346 e.